The predicted molar refractivity (Wildman–Crippen MR) is 73.6 cm³/mol. The van der Waals surface area contributed by atoms with E-state index in [-0.39, 0.29) is 0 Å². The third-order valence-electron chi connectivity index (χ3n) is 1.95. The molecule has 1 rings (SSSR count). The van der Waals surface area contributed by atoms with Gasteiger partial charge in [0.05, 0.1) is 0 Å². The van der Waals surface area contributed by atoms with Crippen LogP contribution < -0.4 is 0 Å². The monoisotopic (exact) mass is 224 g/mol. The number of unbranched alkanes of at least 4 members (excludes halogenated alkanes) is 2. The second-order valence-electron chi connectivity index (χ2n) is 3.47. The fraction of sp³-hybridized carbons (Fsp3) is 0.571. The summed E-state index contributed by atoms with van der Waals surface area (Å²) in [6, 6.07) is 12.0. The van der Waals surface area contributed by atoms with Crippen molar-refractivity contribution in [1.82, 2.24) is 0 Å². The van der Waals surface area contributed by atoms with E-state index in [0.717, 1.165) is 0 Å². The molecular weight excluding hydrogens is 200 g/mol. The number of benzene rings is 1. The molecule has 0 fully saturated rings. The van der Waals surface area contributed by atoms with Crippen LogP contribution in [0.15, 0.2) is 36.4 Å². The summed E-state index contributed by atoms with van der Waals surface area (Å²) in [5, 5.41) is 0. The van der Waals surface area contributed by atoms with Crippen LogP contribution in [0.2, 0.25) is 0 Å². The van der Waals surface area contributed by atoms with E-state index in [1.165, 1.54) is 37.2 Å². The molecule has 0 aromatic heterocycles. The molecule has 0 radical (unpaired) electrons. The van der Waals surface area contributed by atoms with Crippen LogP contribution in [0.5, 0.6) is 0 Å². The van der Waals surface area contributed by atoms with Crippen molar-refractivity contribution in [1.29, 1.82) is 0 Å². The molecule has 0 bridgehead atoms. The maximum Gasteiger partial charge on any atom is -0.00676 e. The smallest absolute Gasteiger partial charge is 0.00676 e. The summed E-state index contributed by atoms with van der Waals surface area (Å²) in [7, 11) is 0. The highest BCUT2D eigenvalue weighted by Gasteiger charge is 1.85. The second-order valence-corrected chi connectivity index (χ2v) is 4.70. The topological polar surface area (TPSA) is 0 Å². The zero-order chi connectivity index (χ0) is 11.2. The number of hydrogen-bond acceptors (Lipinski definition) is 1. The van der Waals surface area contributed by atoms with Crippen molar-refractivity contribution in [3.05, 3.63) is 36.4 Å². The average molecular weight is 224 g/mol. The van der Waals surface area contributed by atoms with E-state index in [1.807, 2.05) is 36.4 Å². The van der Waals surface area contributed by atoms with Gasteiger partial charge in [-0.3, -0.25) is 0 Å². The van der Waals surface area contributed by atoms with Gasteiger partial charge in [-0.2, -0.15) is 11.8 Å². The van der Waals surface area contributed by atoms with Crippen molar-refractivity contribution in [2.24, 2.45) is 0 Å². The number of thioether (sulfide) groups is 1. The van der Waals surface area contributed by atoms with Crippen molar-refractivity contribution in [3.8, 4) is 0 Å². The maximum atomic E-state index is 2.25. The SMILES string of the molecule is CCCCSCCCC.c1ccccc1. The van der Waals surface area contributed by atoms with Gasteiger partial charge in [-0.05, 0) is 24.3 Å². The lowest BCUT2D eigenvalue weighted by molar-refractivity contribution is 0.879. The molecule has 0 unspecified atom stereocenters. The minimum absolute atomic E-state index is 1.35. The molecule has 0 saturated heterocycles. The lowest BCUT2D eigenvalue weighted by Gasteiger charge is -1.96. The van der Waals surface area contributed by atoms with Gasteiger partial charge in [0.1, 0.15) is 0 Å². The van der Waals surface area contributed by atoms with Crippen LogP contribution in [-0.4, -0.2) is 11.5 Å². The van der Waals surface area contributed by atoms with Crippen LogP contribution in [-0.2, 0) is 0 Å². The molecule has 0 aliphatic heterocycles. The van der Waals surface area contributed by atoms with Crippen LogP contribution in [0.4, 0.5) is 0 Å². The van der Waals surface area contributed by atoms with E-state index in [4.69, 9.17) is 0 Å². The van der Waals surface area contributed by atoms with Crippen LogP contribution >= 0.6 is 11.8 Å². The Bertz CT molecular complexity index is 151. The summed E-state index contributed by atoms with van der Waals surface area (Å²) >= 11 is 2.10. The maximum absolute atomic E-state index is 2.25. The van der Waals surface area contributed by atoms with Gasteiger partial charge < -0.3 is 0 Å². The van der Waals surface area contributed by atoms with Gasteiger partial charge in [-0.1, -0.05) is 63.1 Å². The molecule has 1 aromatic rings. The molecule has 0 nitrogen and oxygen atoms in total. The first-order valence-electron chi connectivity index (χ1n) is 5.99. The predicted octanol–water partition coefficient (Wildman–Crippen LogP) is 5.01. The normalized spacial score (nSPS) is 9.20. The molecule has 1 heteroatoms. The Kier molecular flexibility index (Phi) is 13.2. The molecule has 0 atom stereocenters. The standard InChI is InChI=1S/C8H18S.C6H6/c1-3-5-7-9-8-6-4-2;1-2-4-6-5-3-1/h3-8H2,1-2H3;1-6H. The van der Waals surface area contributed by atoms with Gasteiger partial charge in [0.25, 0.3) is 0 Å². The van der Waals surface area contributed by atoms with E-state index >= 15 is 0 Å². The van der Waals surface area contributed by atoms with Gasteiger partial charge in [0, 0.05) is 0 Å². The fourth-order valence-electron chi connectivity index (χ4n) is 0.980. The van der Waals surface area contributed by atoms with E-state index in [2.05, 4.69) is 25.6 Å². The third-order valence-corrected chi connectivity index (χ3v) is 3.11. The van der Waals surface area contributed by atoms with Crippen molar-refractivity contribution < 1.29 is 0 Å². The molecule has 0 amide bonds. The largest absolute Gasteiger partial charge is 0.162 e. The van der Waals surface area contributed by atoms with E-state index in [9.17, 15) is 0 Å². The summed E-state index contributed by atoms with van der Waals surface area (Å²) < 4.78 is 0. The Morgan fingerprint density at radius 2 is 1.00 bits per heavy atom. The first kappa shape index (κ1) is 14.6. The van der Waals surface area contributed by atoms with E-state index in [0.29, 0.717) is 0 Å². The molecule has 1 aromatic carbocycles. The minimum Gasteiger partial charge on any atom is -0.162 e. The van der Waals surface area contributed by atoms with Crippen LogP contribution in [0.25, 0.3) is 0 Å². The first-order valence-corrected chi connectivity index (χ1v) is 7.15. The zero-order valence-corrected chi connectivity index (χ0v) is 10.9. The van der Waals surface area contributed by atoms with Gasteiger partial charge >= 0.3 is 0 Å². The van der Waals surface area contributed by atoms with Crippen molar-refractivity contribution in [2.75, 3.05) is 11.5 Å². The molecule has 0 aliphatic rings. The van der Waals surface area contributed by atoms with Crippen molar-refractivity contribution in [3.63, 3.8) is 0 Å². The van der Waals surface area contributed by atoms with Crippen molar-refractivity contribution >= 4 is 11.8 Å². The molecule has 86 valence electrons. The van der Waals surface area contributed by atoms with Crippen LogP contribution in [0.3, 0.4) is 0 Å². The Morgan fingerprint density at radius 1 is 0.667 bits per heavy atom. The summed E-state index contributed by atoms with van der Waals surface area (Å²) in [6.07, 6.45) is 5.49. The molecule has 0 saturated carbocycles. The highest BCUT2D eigenvalue weighted by atomic mass is 32.2. The Hall–Kier alpha value is -0.430. The third kappa shape index (κ3) is 13.6. The Labute approximate surface area is 99.5 Å². The van der Waals surface area contributed by atoms with E-state index in [1.54, 1.807) is 0 Å². The quantitative estimate of drug-likeness (QED) is 0.612. The molecule has 0 N–H and O–H groups in total. The second kappa shape index (κ2) is 13.6. The summed E-state index contributed by atoms with van der Waals surface area (Å²) in [4.78, 5) is 0. The number of hydrogen-bond donors (Lipinski definition) is 0. The van der Waals surface area contributed by atoms with Gasteiger partial charge in [-0.15, -0.1) is 0 Å². The zero-order valence-electron chi connectivity index (χ0n) is 10.1. The fourth-order valence-corrected chi connectivity index (χ4v) is 2.17. The van der Waals surface area contributed by atoms with Gasteiger partial charge in [-0.25, -0.2) is 0 Å². The van der Waals surface area contributed by atoms with Gasteiger partial charge in [0.15, 0.2) is 0 Å². The number of rotatable bonds is 6. The highest BCUT2D eigenvalue weighted by Crippen LogP contribution is 2.06. The van der Waals surface area contributed by atoms with Crippen molar-refractivity contribution in [2.45, 2.75) is 39.5 Å². The highest BCUT2D eigenvalue weighted by molar-refractivity contribution is 7.99. The molecule has 0 aliphatic carbocycles. The molecular formula is C14H24S. The first-order chi connectivity index (χ1) is 7.41. The Morgan fingerprint density at radius 3 is 1.27 bits per heavy atom. The van der Waals surface area contributed by atoms with Crippen LogP contribution in [0.1, 0.15) is 39.5 Å². The molecule has 0 heterocycles. The van der Waals surface area contributed by atoms with E-state index < -0.39 is 0 Å². The summed E-state index contributed by atoms with van der Waals surface area (Å²) in [6.45, 7) is 4.50. The average Bonchev–Trinajstić information content (AvgIpc) is 2.32. The Balaban J connectivity index is 0.000000280. The summed E-state index contributed by atoms with van der Waals surface area (Å²) in [5.74, 6) is 2.74. The lowest BCUT2D eigenvalue weighted by atomic mass is 10.4. The molecule has 0 spiro atoms. The van der Waals surface area contributed by atoms with Crippen LogP contribution in [0, 0.1) is 0 Å². The lowest BCUT2D eigenvalue weighted by Crippen LogP contribution is -1.81. The summed E-state index contributed by atoms with van der Waals surface area (Å²) in [5.41, 5.74) is 0. The molecule has 15 heavy (non-hydrogen) atoms. The minimum atomic E-state index is 1.35. The van der Waals surface area contributed by atoms with Gasteiger partial charge in [0.2, 0.25) is 0 Å².